The Labute approximate surface area is 136 Å². The minimum atomic E-state index is -1.03. The summed E-state index contributed by atoms with van der Waals surface area (Å²) in [6.07, 6.45) is 2.79. The van der Waals surface area contributed by atoms with Gasteiger partial charge in [0.05, 0.1) is 0 Å². The fraction of sp³-hybridized carbons (Fsp3) is 0.889. The molecule has 1 N–H and O–H groups in total. The normalized spacial score (nSPS) is 7.80. The standard InChI is InChI=1S/C6H15BO3.C3H7.FH.K/c1-3-5-9-7(8)10-6-4-2;1-3-2;;/h8H,3-6H2,1-2H3;1,3H2,2H3;1H;/q;-1;;+1. The Bertz CT molecular complexity index is 83.8. The maximum absolute atomic E-state index is 8.87. The summed E-state index contributed by atoms with van der Waals surface area (Å²) >= 11 is 0. The average Bonchev–Trinajstić information content (AvgIpc) is 2.12. The van der Waals surface area contributed by atoms with Crippen molar-refractivity contribution in [1.82, 2.24) is 0 Å². The van der Waals surface area contributed by atoms with Gasteiger partial charge < -0.3 is 21.3 Å². The van der Waals surface area contributed by atoms with Gasteiger partial charge in [0, 0.05) is 13.2 Å². The van der Waals surface area contributed by atoms with E-state index in [1.165, 1.54) is 0 Å². The molecule has 0 aliphatic heterocycles. The van der Waals surface area contributed by atoms with Crippen molar-refractivity contribution < 1.29 is 70.4 Å². The van der Waals surface area contributed by atoms with Crippen molar-refractivity contribution in [2.24, 2.45) is 0 Å². The van der Waals surface area contributed by atoms with Crippen LogP contribution in [0.25, 0.3) is 0 Å². The van der Waals surface area contributed by atoms with E-state index < -0.39 is 7.32 Å². The topological polar surface area (TPSA) is 38.7 Å². The Balaban J connectivity index is -0.000000108. The molecule has 0 aromatic rings. The molecule has 0 bridgehead atoms. The molecule has 0 aromatic carbocycles. The first-order chi connectivity index (χ1) is 6.22. The van der Waals surface area contributed by atoms with Crippen LogP contribution in [-0.4, -0.2) is 25.6 Å². The van der Waals surface area contributed by atoms with Crippen molar-refractivity contribution in [1.29, 1.82) is 0 Å². The molecule has 3 nitrogen and oxygen atoms in total. The summed E-state index contributed by atoms with van der Waals surface area (Å²) in [6, 6.07) is 0. The Hall–Kier alpha value is 1.51. The summed E-state index contributed by atoms with van der Waals surface area (Å²) in [6.45, 7) is 10.6. The molecule has 0 spiro atoms. The first kappa shape index (κ1) is 25.4. The average molecular weight is 248 g/mol. The summed E-state index contributed by atoms with van der Waals surface area (Å²) in [5.41, 5.74) is 0. The number of hydrogen-bond donors (Lipinski definition) is 1. The summed E-state index contributed by atoms with van der Waals surface area (Å²) in [4.78, 5) is 0. The summed E-state index contributed by atoms with van der Waals surface area (Å²) in [7, 11) is -1.03. The second kappa shape index (κ2) is 24.6. The van der Waals surface area contributed by atoms with Gasteiger partial charge in [-0.05, 0) is 12.8 Å². The molecule has 0 aliphatic carbocycles. The van der Waals surface area contributed by atoms with E-state index in [1.807, 2.05) is 20.8 Å². The molecule has 6 heteroatoms. The Morgan fingerprint density at radius 1 is 1.07 bits per heavy atom. The van der Waals surface area contributed by atoms with Crippen molar-refractivity contribution in [2.45, 2.75) is 40.0 Å². The summed E-state index contributed by atoms with van der Waals surface area (Å²) in [5, 5.41) is 8.87. The molecule has 0 heterocycles. The van der Waals surface area contributed by atoms with Crippen LogP contribution in [0.2, 0.25) is 0 Å². The van der Waals surface area contributed by atoms with Crippen molar-refractivity contribution in [3.05, 3.63) is 6.92 Å². The first-order valence-corrected chi connectivity index (χ1v) is 4.93. The van der Waals surface area contributed by atoms with E-state index in [2.05, 4.69) is 6.92 Å². The molecule has 0 atom stereocenters. The Morgan fingerprint density at radius 2 is 1.33 bits per heavy atom. The third-order valence-corrected chi connectivity index (χ3v) is 0.929. The van der Waals surface area contributed by atoms with Gasteiger partial charge in [-0.3, -0.25) is 4.70 Å². The van der Waals surface area contributed by atoms with Crippen LogP contribution in [0.15, 0.2) is 0 Å². The molecule has 0 amide bonds. The molecule has 0 saturated heterocycles. The number of hydrogen-bond acceptors (Lipinski definition) is 3. The van der Waals surface area contributed by atoms with Gasteiger partial charge in [-0.1, -0.05) is 20.8 Å². The van der Waals surface area contributed by atoms with Crippen LogP contribution < -0.4 is 51.4 Å². The molecule has 0 fully saturated rings. The van der Waals surface area contributed by atoms with Gasteiger partial charge >= 0.3 is 58.7 Å². The van der Waals surface area contributed by atoms with Crippen LogP contribution in [0.1, 0.15) is 40.0 Å². The van der Waals surface area contributed by atoms with Gasteiger partial charge in [0.25, 0.3) is 0 Å². The maximum Gasteiger partial charge on any atom is 1.00 e. The van der Waals surface area contributed by atoms with Gasteiger partial charge in [0.1, 0.15) is 0 Å². The van der Waals surface area contributed by atoms with Crippen LogP contribution in [-0.2, 0) is 9.31 Å². The molecule has 15 heavy (non-hydrogen) atoms. The smallest absolute Gasteiger partial charge is 0.402 e. The van der Waals surface area contributed by atoms with E-state index >= 15 is 0 Å². The molecule has 88 valence electrons. The second-order valence-electron chi connectivity index (χ2n) is 2.55. The summed E-state index contributed by atoms with van der Waals surface area (Å²) in [5.74, 6) is 0. The molecular formula is C9H23BFKO3. The summed E-state index contributed by atoms with van der Waals surface area (Å²) < 4.78 is 9.65. The minimum absolute atomic E-state index is 0. The molecule has 0 unspecified atom stereocenters. The van der Waals surface area contributed by atoms with Crippen LogP contribution >= 0.6 is 0 Å². The fourth-order valence-electron chi connectivity index (χ4n) is 0.485. The predicted molar refractivity (Wildman–Crippen MR) is 58.6 cm³/mol. The van der Waals surface area contributed by atoms with Crippen molar-refractivity contribution >= 4 is 7.32 Å². The third kappa shape index (κ3) is 31.3. The van der Waals surface area contributed by atoms with Gasteiger partial charge in [-0.25, -0.2) is 0 Å². The van der Waals surface area contributed by atoms with E-state index in [0.717, 1.165) is 19.3 Å². The van der Waals surface area contributed by atoms with Gasteiger partial charge in [0.15, 0.2) is 0 Å². The fourth-order valence-corrected chi connectivity index (χ4v) is 0.485. The minimum Gasteiger partial charge on any atom is -0.402 e. The number of rotatable bonds is 6. The number of halogens is 1. The van der Waals surface area contributed by atoms with Gasteiger partial charge in [-0.2, -0.15) is 6.42 Å². The molecular weight excluding hydrogens is 225 g/mol. The van der Waals surface area contributed by atoms with Gasteiger partial charge in [0.2, 0.25) is 0 Å². The van der Waals surface area contributed by atoms with E-state index in [-0.39, 0.29) is 56.1 Å². The van der Waals surface area contributed by atoms with E-state index in [0.29, 0.717) is 13.2 Å². The van der Waals surface area contributed by atoms with Crippen molar-refractivity contribution in [3.8, 4) is 0 Å². The molecule has 0 radical (unpaired) electrons. The van der Waals surface area contributed by atoms with Crippen LogP contribution in [0.4, 0.5) is 4.70 Å². The zero-order valence-electron chi connectivity index (χ0n) is 10.5. The monoisotopic (exact) mass is 248 g/mol. The van der Waals surface area contributed by atoms with E-state index in [9.17, 15) is 0 Å². The predicted octanol–water partition coefficient (Wildman–Crippen LogP) is -0.796. The van der Waals surface area contributed by atoms with Gasteiger partial charge in [-0.15, -0.1) is 0 Å². The van der Waals surface area contributed by atoms with Crippen LogP contribution in [0, 0.1) is 6.92 Å². The molecule has 0 rings (SSSR count). The van der Waals surface area contributed by atoms with E-state index in [1.54, 1.807) is 0 Å². The van der Waals surface area contributed by atoms with Crippen molar-refractivity contribution in [3.63, 3.8) is 0 Å². The zero-order chi connectivity index (χ0) is 10.5. The third-order valence-electron chi connectivity index (χ3n) is 0.929. The SMILES string of the molecule is CCCOB(O)OCCC.F.[CH2-]CC.[K+]. The Kier molecular flexibility index (Phi) is 41.7. The maximum atomic E-state index is 8.87. The second-order valence-corrected chi connectivity index (χ2v) is 2.55. The Morgan fingerprint density at radius 3 is 1.53 bits per heavy atom. The quantitative estimate of drug-likeness (QED) is 0.494. The largest absolute Gasteiger partial charge is 1.00 e. The van der Waals surface area contributed by atoms with Crippen molar-refractivity contribution in [2.75, 3.05) is 13.2 Å². The van der Waals surface area contributed by atoms with E-state index in [4.69, 9.17) is 14.3 Å². The first-order valence-electron chi connectivity index (χ1n) is 4.93. The van der Waals surface area contributed by atoms with Crippen LogP contribution in [0.3, 0.4) is 0 Å². The molecule has 0 aromatic heterocycles. The zero-order valence-corrected chi connectivity index (χ0v) is 13.6. The molecule has 0 saturated carbocycles. The van der Waals surface area contributed by atoms with Crippen LogP contribution in [0.5, 0.6) is 0 Å². The molecule has 0 aliphatic rings.